The Morgan fingerprint density at radius 3 is 2.93 bits per heavy atom. The van der Waals surface area contributed by atoms with Gasteiger partial charge < -0.3 is 19.7 Å². The van der Waals surface area contributed by atoms with Crippen molar-refractivity contribution in [3.8, 4) is 11.5 Å². The second kappa shape index (κ2) is 6.57. The van der Waals surface area contributed by atoms with Crippen molar-refractivity contribution >= 4 is 17.6 Å². The first kappa shape index (κ1) is 17.3. The number of carbonyl (C=O) groups is 2. The molecule has 1 aromatic carbocycles. The largest absolute Gasteiger partial charge is 0.486 e. The Kier molecular flexibility index (Phi) is 4.22. The number of allylic oxidation sites excluding steroid dienone is 2. The molecule has 0 fully saturated rings. The monoisotopic (exact) mass is 367 g/mol. The molecule has 2 atom stereocenters. The lowest BCUT2D eigenvalue weighted by Gasteiger charge is -2.42. The van der Waals surface area contributed by atoms with E-state index < -0.39 is 5.54 Å². The smallest absolute Gasteiger partial charge is 0.250 e. The Morgan fingerprint density at radius 2 is 2.11 bits per heavy atom. The third-order valence-electron chi connectivity index (χ3n) is 4.89. The number of ether oxygens (including phenoxy) is 2. The second-order valence-electron chi connectivity index (χ2n) is 7.10. The van der Waals surface area contributed by atoms with Crippen LogP contribution in [0.5, 0.6) is 11.5 Å². The molecule has 1 N–H and O–H groups in total. The summed E-state index contributed by atoms with van der Waals surface area (Å²) < 4.78 is 11.6. The van der Waals surface area contributed by atoms with Gasteiger partial charge in [0.2, 0.25) is 5.91 Å². The molecule has 2 unspecified atom stereocenters. The summed E-state index contributed by atoms with van der Waals surface area (Å²) in [6.07, 6.45) is 5.20. The summed E-state index contributed by atoms with van der Waals surface area (Å²) in [4.78, 5) is 30.9. The highest BCUT2D eigenvalue weighted by Gasteiger charge is 2.45. The molecule has 0 spiro atoms. The van der Waals surface area contributed by atoms with Crippen LogP contribution in [0, 0.1) is 0 Å². The van der Waals surface area contributed by atoms with E-state index in [1.54, 1.807) is 17.9 Å². The van der Waals surface area contributed by atoms with E-state index in [4.69, 9.17) is 9.47 Å². The first-order chi connectivity index (χ1) is 13.0. The van der Waals surface area contributed by atoms with Gasteiger partial charge in [-0.1, -0.05) is 18.2 Å². The van der Waals surface area contributed by atoms with Gasteiger partial charge in [0.1, 0.15) is 24.1 Å². The van der Waals surface area contributed by atoms with Gasteiger partial charge in [-0.25, -0.2) is 0 Å². The topological polar surface area (TPSA) is 80.2 Å². The fourth-order valence-electron chi connectivity index (χ4n) is 3.38. The van der Waals surface area contributed by atoms with Crippen molar-refractivity contribution in [1.82, 2.24) is 10.2 Å². The van der Waals surface area contributed by atoms with Crippen LogP contribution in [-0.2, 0) is 9.59 Å². The number of nitrogens with one attached hydrogen (secondary N) is 1. The minimum atomic E-state index is -1.03. The average Bonchev–Trinajstić information content (AvgIpc) is 2.66. The van der Waals surface area contributed by atoms with E-state index in [1.165, 1.54) is 0 Å². The van der Waals surface area contributed by atoms with E-state index in [9.17, 15) is 9.59 Å². The number of aliphatic imine (C=N–C) groups is 1. The number of hydrogen-bond donors (Lipinski definition) is 1. The zero-order valence-corrected chi connectivity index (χ0v) is 15.3. The van der Waals surface area contributed by atoms with Crippen LogP contribution in [0.2, 0.25) is 0 Å². The Morgan fingerprint density at radius 1 is 1.33 bits per heavy atom. The Hall–Kier alpha value is -3.09. The summed E-state index contributed by atoms with van der Waals surface area (Å²) in [7, 11) is 0. The van der Waals surface area contributed by atoms with Gasteiger partial charge in [0.05, 0.1) is 13.0 Å². The van der Waals surface area contributed by atoms with Crippen molar-refractivity contribution in [2.24, 2.45) is 4.99 Å². The Labute approximate surface area is 157 Å². The van der Waals surface area contributed by atoms with Crippen molar-refractivity contribution in [1.29, 1.82) is 0 Å². The van der Waals surface area contributed by atoms with Gasteiger partial charge in [0.15, 0.2) is 11.5 Å². The zero-order valence-electron chi connectivity index (χ0n) is 15.3. The molecule has 4 rings (SSSR count). The number of rotatable bonds is 3. The van der Waals surface area contributed by atoms with Crippen LogP contribution in [0.1, 0.15) is 20.3 Å². The quantitative estimate of drug-likeness (QED) is 0.881. The van der Waals surface area contributed by atoms with Gasteiger partial charge in [-0.3, -0.25) is 9.59 Å². The van der Waals surface area contributed by atoms with Gasteiger partial charge >= 0.3 is 0 Å². The lowest BCUT2D eigenvalue weighted by atomic mass is 9.90. The number of amides is 2. The highest BCUT2D eigenvalue weighted by molar-refractivity contribution is 6.09. The SMILES string of the molecule is CC1=CN2C(=NC(=O)CC2(C)C(=O)NCC2COc3ccccc3O2)C=C1. The fourth-order valence-corrected chi connectivity index (χ4v) is 3.38. The predicted octanol–water partition coefficient (Wildman–Crippen LogP) is 1.81. The van der Waals surface area contributed by atoms with Crippen LogP contribution in [0.25, 0.3) is 0 Å². The molecule has 7 nitrogen and oxygen atoms in total. The fraction of sp³-hybridized carbons (Fsp3) is 0.350. The van der Waals surface area contributed by atoms with Crippen LogP contribution in [-0.4, -0.2) is 47.3 Å². The number of carbonyl (C=O) groups excluding carboxylic acids is 2. The third kappa shape index (κ3) is 3.20. The molecule has 3 heterocycles. The molecule has 2 amide bonds. The van der Waals surface area contributed by atoms with Crippen LogP contribution in [0.4, 0.5) is 0 Å². The van der Waals surface area contributed by atoms with E-state index in [1.807, 2.05) is 43.5 Å². The van der Waals surface area contributed by atoms with E-state index in [0.29, 0.717) is 23.9 Å². The molecule has 0 saturated carbocycles. The maximum Gasteiger partial charge on any atom is 0.250 e. The molecule has 7 heteroatoms. The van der Waals surface area contributed by atoms with Crippen molar-refractivity contribution in [2.45, 2.75) is 31.9 Å². The summed E-state index contributed by atoms with van der Waals surface area (Å²) in [6, 6.07) is 7.43. The van der Waals surface area contributed by atoms with Crippen LogP contribution >= 0.6 is 0 Å². The van der Waals surface area contributed by atoms with Crippen molar-refractivity contribution in [3.05, 3.63) is 48.2 Å². The molecule has 1 aromatic rings. The van der Waals surface area contributed by atoms with Gasteiger partial charge in [-0.2, -0.15) is 4.99 Å². The number of benzene rings is 1. The summed E-state index contributed by atoms with van der Waals surface area (Å²) in [5.74, 6) is 1.30. The van der Waals surface area contributed by atoms with Gasteiger partial charge in [-0.15, -0.1) is 0 Å². The number of amidine groups is 1. The van der Waals surface area contributed by atoms with Crippen LogP contribution in [0.15, 0.2) is 53.2 Å². The highest BCUT2D eigenvalue weighted by atomic mass is 16.6. The first-order valence-corrected chi connectivity index (χ1v) is 8.90. The van der Waals surface area contributed by atoms with E-state index in [-0.39, 0.29) is 30.9 Å². The van der Waals surface area contributed by atoms with E-state index >= 15 is 0 Å². The van der Waals surface area contributed by atoms with Gasteiger partial charge in [0.25, 0.3) is 5.91 Å². The average molecular weight is 367 g/mol. The van der Waals surface area contributed by atoms with Crippen LogP contribution < -0.4 is 14.8 Å². The normalized spacial score (nSPS) is 26.1. The van der Waals surface area contributed by atoms with Gasteiger partial charge in [0, 0.05) is 6.20 Å². The molecular weight excluding hydrogens is 346 g/mol. The summed E-state index contributed by atoms with van der Waals surface area (Å²) >= 11 is 0. The zero-order chi connectivity index (χ0) is 19.0. The Balaban J connectivity index is 1.46. The molecule has 3 aliphatic heterocycles. The highest BCUT2D eigenvalue weighted by Crippen LogP contribution is 2.31. The number of nitrogens with zero attached hydrogens (tertiary/aromatic N) is 2. The summed E-state index contributed by atoms with van der Waals surface area (Å²) in [5, 5.41) is 2.92. The first-order valence-electron chi connectivity index (χ1n) is 8.90. The van der Waals surface area contributed by atoms with Crippen molar-refractivity contribution in [2.75, 3.05) is 13.2 Å². The molecule has 3 aliphatic rings. The molecular formula is C20H21N3O4. The number of fused-ring (bicyclic) bond motifs is 2. The van der Waals surface area contributed by atoms with Crippen molar-refractivity contribution < 1.29 is 19.1 Å². The Bertz CT molecular complexity index is 889. The maximum atomic E-state index is 13.0. The minimum Gasteiger partial charge on any atom is -0.486 e. The summed E-state index contributed by atoms with van der Waals surface area (Å²) in [5.41, 5.74) is -0.0453. The van der Waals surface area contributed by atoms with E-state index in [0.717, 1.165) is 5.57 Å². The lowest BCUT2D eigenvalue weighted by molar-refractivity contribution is -0.135. The molecule has 140 valence electrons. The number of para-hydroxylation sites is 2. The maximum absolute atomic E-state index is 13.0. The molecule has 27 heavy (non-hydrogen) atoms. The van der Waals surface area contributed by atoms with Crippen LogP contribution in [0.3, 0.4) is 0 Å². The number of hydrogen-bond acceptors (Lipinski definition) is 5. The van der Waals surface area contributed by atoms with Crippen molar-refractivity contribution in [3.63, 3.8) is 0 Å². The molecule has 0 bridgehead atoms. The van der Waals surface area contributed by atoms with Gasteiger partial charge in [-0.05, 0) is 37.6 Å². The molecule has 0 aromatic heterocycles. The predicted molar refractivity (Wildman–Crippen MR) is 99.6 cm³/mol. The molecule has 0 saturated heterocycles. The lowest BCUT2D eigenvalue weighted by Crippen LogP contribution is -2.61. The third-order valence-corrected chi connectivity index (χ3v) is 4.89. The molecule has 0 radical (unpaired) electrons. The minimum absolute atomic E-state index is 0.0187. The van der Waals surface area contributed by atoms with E-state index in [2.05, 4.69) is 10.3 Å². The summed E-state index contributed by atoms with van der Waals surface area (Å²) in [6.45, 7) is 4.33. The molecule has 0 aliphatic carbocycles. The second-order valence-corrected chi connectivity index (χ2v) is 7.10. The standard InChI is InChI=1S/C20H21N3O4/c1-13-7-8-17-22-18(24)9-20(2,23(17)11-13)19(25)21-10-14-12-26-15-5-3-4-6-16(15)27-14/h3-8,11,14H,9-10,12H2,1-2H3,(H,21,25).